The van der Waals surface area contributed by atoms with Gasteiger partial charge in [-0.3, -0.25) is 4.98 Å². The third kappa shape index (κ3) is 2.29. The third-order valence-corrected chi connectivity index (χ3v) is 3.16. The van der Waals surface area contributed by atoms with Gasteiger partial charge in [-0.1, -0.05) is 11.8 Å². The van der Waals surface area contributed by atoms with Gasteiger partial charge < -0.3 is 4.42 Å². The summed E-state index contributed by atoms with van der Waals surface area (Å²) in [5.41, 5.74) is 2.58. The summed E-state index contributed by atoms with van der Waals surface area (Å²) in [6.07, 6.45) is 5.27. The van der Waals surface area contributed by atoms with Crippen LogP contribution in [0.15, 0.2) is 52.5 Å². The van der Waals surface area contributed by atoms with E-state index in [1.807, 2.05) is 24.3 Å². The molecule has 0 saturated heterocycles. The number of fused-ring (bicyclic) bond motifs is 1. The maximum Gasteiger partial charge on any atom is 0.258 e. The second-order valence-electron chi connectivity index (χ2n) is 3.45. The summed E-state index contributed by atoms with van der Waals surface area (Å²) in [5, 5.41) is 0.649. The lowest BCUT2D eigenvalue weighted by Gasteiger charge is -1.95. The van der Waals surface area contributed by atoms with Crippen molar-refractivity contribution in [1.82, 2.24) is 15.0 Å². The lowest BCUT2D eigenvalue weighted by atomic mass is 10.3. The van der Waals surface area contributed by atoms with Crippen LogP contribution in [0, 0.1) is 0 Å². The highest BCUT2D eigenvalue weighted by atomic mass is 32.2. The molecule has 0 amide bonds. The number of nitrogens with zero attached hydrogens (tertiary/aromatic N) is 3. The van der Waals surface area contributed by atoms with Gasteiger partial charge in [0.15, 0.2) is 11.2 Å². The van der Waals surface area contributed by atoms with Crippen molar-refractivity contribution in [3.8, 4) is 0 Å². The smallest absolute Gasteiger partial charge is 0.258 e. The van der Waals surface area contributed by atoms with Crippen molar-refractivity contribution in [3.05, 3.63) is 48.4 Å². The summed E-state index contributed by atoms with van der Waals surface area (Å²) < 4.78 is 5.56. The monoisotopic (exact) mass is 243 g/mol. The Hall–Kier alpha value is -1.88. The molecule has 3 aromatic heterocycles. The Morgan fingerprint density at radius 1 is 1.12 bits per heavy atom. The fourth-order valence-corrected chi connectivity index (χ4v) is 2.22. The standard InChI is InChI=1S/C12H9N3OS/c1-2-10-11(14-5-1)15-12(16-10)17-8-9-3-6-13-7-4-9/h1-7H,8H2. The molecule has 0 fully saturated rings. The van der Waals surface area contributed by atoms with Gasteiger partial charge in [-0.25, -0.2) is 4.98 Å². The van der Waals surface area contributed by atoms with Crippen LogP contribution in [0.5, 0.6) is 0 Å². The first kappa shape index (κ1) is 10.3. The van der Waals surface area contributed by atoms with E-state index in [1.54, 1.807) is 30.4 Å². The van der Waals surface area contributed by atoms with Crippen molar-refractivity contribution in [2.75, 3.05) is 0 Å². The molecule has 3 aromatic rings. The minimum atomic E-state index is 0.649. The molecule has 0 aliphatic rings. The second-order valence-corrected chi connectivity index (χ2v) is 4.38. The summed E-state index contributed by atoms with van der Waals surface area (Å²) in [6.45, 7) is 0. The number of hydrogen-bond donors (Lipinski definition) is 0. The van der Waals surface area contributed by atoms with Crippen molar-refractivity contribution in [2.45, 2.75) is 11.0 Å². The molecule has 0 aliphatic heterocycles. The van der Waals surface area contributed by atoms with Gasteiger partial charge >= 0.3 is 0 Å². The van der Waals surface area contributed by atoms with Gasteiger partial charge in [-0.05, 0) is 29.8 Å². The second kappa shape index (κ2) is 4.55. The van der Waals surface area contributed by atoms with E-state index in [2.05, 4.69) is 15.0 Å². The predicted octanol–water partition coefficient (Wildman–Crippen LogP) is 2.91. The molecule has 0 radical (unpaired) electrons. The average Bonchev–Trinajstić information content (AvgIpc) is 2.80. The normalized spacial score (nSPS) is 10.8. The van der Waals surface area contributed by atoms with Crippen LogP contribution in [0.1, 0.15) is 5.56 Å². The van der Waals surface area contributed by atoms with Gasteiger partial charge in [0.2, 0.25) is 0 Å². The molecule has 0 N–H and O–H groups in total. The zero-order valence-corrected chi connectivity index (χ0v) is 9.72. The Labute approximate surface area is 102 Å². The largest absolute Gasteiger partial charge is 0.430 e. The Morgan fingerprint density at radius 3 is 2.82 bits per heavy atom. The van der Waals surface area contributed by atoms with E-state index >= 15 is 0 Å². The number of pyridine rings is 2. The van der Waals surface area contributed by atoms with Crippen LogP contribution >= 0.6 is 11.8 Å². The fraction of sp³-hybridized carbons (Fsp3) is 0.0833. The zero-order chi connectivity index (χ0) is 11.5. The molecule has 84 valence electrons. The van der Waals surface area contributed by atoms with Crippen molar-refractivity contribution in [3.63, 3.8) is 0 Å². The summed E-state index contributed by atoms with van der Waals surface area (Å²) in [4.78, 5) is 12.4. The van der Waals surface area contributed by atoms with Crippen LogP contribution in [0.25, 0.3) is 11.2 Å². The number of hydrogen-bond acceptors (Lipinski definition) is 5. The number of thioether (sulfide) groups is 1. The van der Waals surface area contributed by atoms with Crippen LogP contribution in [0.2, 0.25) is 0 Å². The predicted molar refractivity (Wildman–Crippen MR) is 65.6 cm³/mol. The number of rotatable bonds is 3. The van der Waals surface area contributed by atoms with Crippen molar-refractivity contribution in [2.24, 2.45) is 0 Å². The minimum Gasteiger partial charge on any atom is -0.430 e. The molecule has 0 spiro atoms. The Bertz CT molecular complexity index is 591. The molecule has 0 bridgehead atoms. The van der Waals surface area contributed by atoms with E-state index in [0.29, 0.717) is 10.9 Å². The zero-order valence-electron chi connectivity index (χ0n) is 8.91. The molecule has 17 heavy (non-hydrogen) atoms. The van der Waals surface area contributed by atoms with Crippen molar-refractivity contribution < 1.29 is 4.42 Å². The minimum absolute atomic E-state index is 0.649. The van der Waals surface area contributed by atoms with Gasteiger partial charge in [0.1, 0.15) is 0 Å². The van der Waals surface area contributed by atoms with Crippen LogP contribution in [-0.4, -0.2) is 15.0 Å². The van der Waals surface area contributed by atoms with E-state index in [-0.39, 0.29) is 0 Å². The van der Waals surface area contributed by atoms with Crippen LogP contribution < -0.4 is 0 Å². The summed E-state index contributed by atoms with van der Waals surface area (Å²) in [6, 6.07) is 7.67. The number of oxazole rings is 1. The number of aromatic nitrogens is 3. The molecule has 0 atom stereocenters. The average molecular weight is 243 g/mol. The molecule has 4 nitrogen and oxygen atoms in total. The first-order valence-electron chi connectivity index (χ1n) is 5.15. The molecular weight excluding hydrogens is 234 g/mol. The lowest BCUT2D eigenvalue weighted by Crippen LogP contribution is -1.80. The summed E-state index contributed by atoms with van der Waals surface area (Å²) in [5.74, 6) is 0.815. The quantitative estimate of drug-likeness (QED) is 0.662. The van der Waals surface area contributed by atoms with E-state index in [1.165, 1.54) is 5.56 Å². The summed E-state index contributed by atoms with van der Waals surface area (Å²) in [7, 11) is 0. The van der Waals surface area contributed by atoms with Gasteiger partial charge in [0, 0.05) is 24.3 Å². The van der Waals surface area contributed by atoms with E-state index < -0.39 is 0 Å². The highest BCUT2D eigenvalue weighted by Crippen LogP contribution is 2.24. The SMILES string of the molecule is c1cnc2nc(SCc3ccncc3)oc2c1. The topological polar surface area (TPSA) is 51.8 Å². The third-order valence-electron chi connectivity index (χ3n) is 2.26. The van der Waals surface area contributed by atoms with E-state index in [0.717, 1.165) is 11.3 Å². The molecule has 3 heterocycles. The molecule has 5 heteroatoms. The molecule has 3 rings (SSSR count). The molecule has 0 unspecified atom stereocenters. The van der Waals surface area contributed by atoms with Crippen LogP contribution in [0.3, 0.4) is 0 Å². The molecule has 0 aliphatic carbocycles. The van der Waals surface area contributed by atoms with E-state index in [4.69, 9.17) is 4.42 Å². The van der Waals surface area contributed by atoms with Crippen LogP contribution in [0.4, 0.5) is 0 Å². The van der Waals surface area contributed by atoms with E-state index in [9.17, 15) is 0 Å². The fourth-order valence-electron chi connectivity index (χ4n) is 1.44. The molecule has 0 saturated carbocycles. The van der Waals surface area contributed by atoms with Gasteiger partial charge in [0.25, 0.3) is 5.22 Å². The maximum atomic E-state index is 5.56. The first-order valence-corrected chi connectivity index (χ1v) is 6.13. The van der Waals surface area contributed by atoms with Gasteiger partial charge in [-0.15, -0.1) is 0 Å². The Kier molecular flexibility index (Phi) is 2.75. The first-order chi connectivity index (χ1) is 8.42. The highest BCUT2D eigenvalue weighted by molar-refractivity contribution is 7.98. The van der Waals surface area contributed by atoms with Crippen LogP contribution in [-0.2, 0) is 5.75 Å². The van der Waals surface area contributed by atoms with Crippen molar-refractivity contribution >= 4 is 23.0 Å². The van der Waals surface area contributed by atoms with Gasteiger partial charge in [0.05, 0.1) is 0 Å². The maximum absolute atomic E-state index is 5.56. The molecular formula is C12H9N3OS. The van der Waals surface area contributed by atoms with Crippen molar-refractivity contribution in [1.29, 1.82) is 0 Å². The lowest BCUT2D eigenvalue weighted by molar-refractivity contribution is 0.489. The Balaban J connectivity index is 1.77. The highest BCUT2D eigenvalue weighted by Gasteiger charge is 2.06. The Morgan fingerprint density at radius 2 is 2.00 bits per heavy atom. The summed E-state index contributed by atoms with van der Waals surface area (Å²) >= 11 is 1.55. The van der Waals surface area contributed by atoms with Gasteiger partial charge in [-0.2, -0.15) is 4.98 Å². The molecule has 0 aromatic carbocycles.